The Kier molecular flexibility index (Phi) is 6.48. The molecule has 0 saturated heterocycles. The maximum Gasteiger partial charge on any atom is 0.254 e. The minimum absolute atomic E-state index is 0.134. The molecule has 3 aromatic heterocycles. The van der Waals surface area contributed by atoms with Crippen molar-refractivity contribution in [1.29, 1.82) is 0 Å². The number of hydrogen-bond donors (Lipinski definition) is 1. The van der Waals surface area contributed by atoms with Crippen LogP contribution in [0.3, 0.4) is 0 Å². The number of hydrogen-bond acceptors (Lipinski definition) is 7. The lowest BCUT2D eigenvalue weighted by atomic mass is 10.1. The van der Waals surface area contributed by atoms with Crippen LogP contribution < -0.4 is 15.6 Å². The van der Waals surface area contributed by atoms with Gasteiger partial charge in [0.15, 0.2) is 11.5 Å². The molecule has 3 heterocycles. The molecule has 0 saturated carbocycles. The maximum atomic E-state index is 12.4. The van der Waals surface area contributed by atoms with E-state index in [-0.39, 0.29) is 31.2 Å². The van der Waals surface area contributed by atoms with Crippen molar-refractivity contribution in [3.63, 3.8) is 0 Å². The molecule has 10 nitrogen and oxygen atoms in total. The smallest absolute Gasteiger partial charge is 0.254 e. The van der Waals surface area contributed by atoms with Crippen molar-refractivity contribution in [3.05, 3.63) is 95.0 Å². The number of aromatic nitrogens is 6. The van der Waals surface area contributed by atoms with Crippen LogP contribution in [-0.4, -0.2) is 48.4 Å². The summed E-state index contributed by atoms with van der Waals surface area (Å²) in [6, 6.07) is 22.2. The minimum Gasteiger partial charge on any atom is -0.475 e. The van der Waals surface area contributed by atoms with E-state index in [1.54, 1.807) is 16.6 Å². The average molecular weight is 482 g/mol. The van der Waals surface area contributed by atoms with Gasteiger partial charge < -0.3 is 10.1 Å². The van der Waals surface area contributed by atoms with Crippen molar-refractivity contribution in [2.24, 2.45) is 0 Å². The van der Waals surface area contributed by atoms with Crippen LogP contribution in [-0.2, 0) is 11.3 Å². The summed E-state index contributed by atoms with van der Waals surface area (Å²) < 4.78 is 8.57. The topological polar surface area (TPSA) is 116 Å². The van der Waals surface area contributed by atoms with E-state index in [1.165, 1.54) is 17.0 Å². The van der Waals surface area contributed by atoms with Crippen LogP contribution in [0.15, 0.2) is 83.9 Å². The quantitative estimate of drug-likeness (QED) is 0.339. The molecular weight excluding hydrogens is 458 g/mol. The maximum absolute atomic E-state index is 12.4. The summed E-state index contributed by atoms with van der Waals surface area (Å²) in [6.45, 7) is 2.31. The first-order valence-corrected chi connectivity index (χ1v) is 11.4. The first kappa shape index (κ1) is 22.9. The van der Waals surface area contributed by atoms with E-state index in [2.05, 4.69) is 25.6 Å². The van der Waals surface area contributed by atoms with Crippen molar-refractivity contribution in [3.8, 4) is 28.5 Å². The number of amides is 1. The second-order valence-corrected chi connectivity index (χ2v) is 8.14. The number of fused-ring (bicyclic) bond motifs is 1. The van der Waals surface area contributed by atoms with Crippen LogP contribution in [0.25, 0.3) is 28.3 Å². The van der Waals surface area contributed by atoms with Gasteiger partial charge >= 0.3 is 0 Å². The number of rotatable bonds is 8. The highest BCUT2D eigenvalue weighted by atomic mass is 16.5. The summed E-state index contributed by atoms with van der Waals surface area (Å²) >= 11 is 0. The average Bonchev–Trinajstić information content (AvgIpc) is 3.32. The van der Waals surface area contributed by atoms with E-state index in [9.17, 15) is 9.59 Å². The number of nitrogens with one attached hydrogen (secondary N) is 1. The van der Waals surface area contributed by atoms with Crippen molar-refractivity contribution in [2.75, 3.05) is 13.2 Å². The van der Waals surface area contributed by atoms with Gasteiger partial charge in [0.25, 0.3) is 5.56 Å². The standard InChI is InChI=1S/C26H23N7O3/c1-18-7-9-19(10-8-18)21-15-25(35)32(17-28-21)16-23(34)27-13-14-36-24-12-11-22-29-30-26(33(22)31-24)20-5-3-2-4-6-20/h2-12,15,17H,13-14,16H2,1H3,(H,27,34). The molecule has 0 bridgehead atoms. The molecule has 0 atom stereocenters. The van der Waals surface area contributed by atoms with Crippen molar-refractivity contribution < 1.29 is 9.53 Å². The second kappa shape index (κ2) is 10.2. The molecule has 0 aliphatic heterocycles. The number of carbonyl (C=O) groups is 1. The van der Waals surface area contributed by atoms with Crippen LogP contribution in [0, 0.1) is 6.92 Å². The summed E-state index contributed by atoms with van der Waals surface area (Å²) in [5.74, 6) is 0.664. The van der Waals surface area contributed by atoms with Gasteiger partial charge in [0.1, 0.15) is 13.2 Å². The number of benzene rings is 2. The third kappa shape index (κ3) is 5.12. The molecule has 1 amide bonds. The molecule has 5 aromatic rings. The lowest BCUT2D eigenvalue weighted by Gasteiger charge is -2.09. The van der Waals surface area contributed by atoms with E-state index in [0.717, 1.165) is 16.7 Å². The zero-order chi connectivity index (χ0) is 24.9. The number of aryl methyl sites for hydroxylation is 1. The number of ether oxygens (including phenoxy) is 1. The first-order valence-electron chi connectivity index (χ1n) is 11.4. The Morgan fingerprint density at radius 3 is 2.56 bits per heavy atom. The molecule has 0 aliphatic carbocycles. The van der Waals surface area contributed by atoms with E-state index >= 15 is 0 Å². The van der Waals surface area contributed by atoms with Gasteiger partial charge in [-0.1, -0.05) is 60.2 Å². The molecule has 180 valence electrons. The van der Waals surface area contributed by atoms with Gasteiger partial charge in [-0.05, 0) is 13.0 Å². The van der Waals surface area contributed by atoms with Crippen LogP contribution in [0.1, 0.15) is 5.56 Å². The van der Waals surface area contributed by atoms with Crippen LogP contribution >= 0.6 is 0 Å². The van der Waals surface area contributed by atoms with E-state index in [4.69, 9.17) is 4.74 Å². The van der Waals surface area contributed by atoms with Gasteiger partial charge in [0.05, 0.1) is 18.6 Å². The number of carbonyl (C=O) groups excluding carboxylic acids is 1. The number of nitrogens with zero attached hydrogens (tertiary/aromatic N) is 6. The fourth-order valence-electron chi connectivity index (χ4n) is 3.60. The Balaban J connectivity index is 1.15. The first-order chi connectivity index (χ1) is 17.6. The van der Waals surface area contributed by atoms with Crippen molar-refractivity contribution in [2.45, 2.75) is 13.5 Å². The Labute approximate surface area is 206 Å². The largest absolute Gasteiger partial charge is 0.475 e. The molecule has 0 radical (unpaired) electrons. The highest BCUT2D eigenvalue weighted by molar-refractivity contribution is 5.75. The summed E-state index contributed by atoms with van der Waals surface area (Å²) in [5.41, 5.74) is 3.73. The van der Waals surface area contributed by atoms with Crippen LogP contribution in [0.5, 0.6) is 5.88 Å². The van der Waals surface area contributed by atoms with E-state index in [1.807, 2.05) is 61.5 Å². The third-order valence-electron chi connectivity index (χ3n) is 5.49. The fraction of sp³-hybridized carbons (Fsp3) is 0.154. The molecule has 10 heteroatoms. The summed E-state index contributed by atoms with van der Waals surface area (Å²) in [5, 5.41) is 15.5. The fourth-order valence-corrected chi connectivity index (χ4v) is 3.60. The molecule has 0 fully saturated rings. The summed E-state index contributed by atoms with van der Waals surface area (Å²) in [7, 11) is 0. The van der Waals surface area contributed by atoms with Gasteiger partial charge in [-0.2, -0.15) is 4.52 Å². The van der Waals surface area contributed by atoms with Crippen molar-refractivity contribution in [1.82, 2.24) is 34.7 Å². The highest BCUT2D eigenvalue weighted by Gasteiger charge is 2.11. The second-order valence-electron chi connectivity index (χ2n) is 8.14. The van der Waals surface area contributed by atoms with Gasteiger partial charge in [-0.15, -0.1) is 15.3 Å². The summed E-state index contributed by atoms with van der Waals surface area (Å²) in [6.07, 6.45) is 1.39. The van der Waals surface area contributed by atoms with Gasteiger partial charge in [-0.25, -0.2) is 4.98 Å². The predicted octanol–water partition coefficient (Wildman–Crippen LogP) is 2.52. The normalized spacial score (nSPS) is 10.9. The highest BCUT2D eigenvalue weighted by Crippen LogP contribution is 2.18. The predicted molar refractivity (Wildman–Crippen MR) is 133 cm³/mol. The van der Waals surface area contributed by atoms with E-state index < -0.39 is 0 Å². The van der Waals surface area contributed by atoms with Gasteiger partial charge in [0.2, 0.25) is 11.8 Å². The molecule has 5 rings (SSSR count). The molecule has 0 aliphatic rings. The van der Waals surface area contributed by atoms with Crippen LogP contribution in [0.2, 0.25) is 0 Å². The third-order valence-corrected chi connectivity index (χ3v) is 5.49. The Morgan fingerprint density at radius 1 is 0.972 bits per heavy atom. The van der Waals surface area contributed by atoms with Gasteiger partial charge in [0, 0.05) is 23.3 Å². The van der Waals surface area contributed by atoms with Gasteiger partial charge in [-0.3, -0.25) is 14.2 Å². The Bertz CT molecular complexity index is 1560. The van der Waals surface area contributed by atoms with E-state index in [0.29, 0.717) is 23.0 Å². The zero-order valence-electron chi connectivity index (χ0n) is 19.5. The van der Waals surface area contributed by atoms with Crippen molar-refractivity contribution >= 4 is 11.6 Å². The minimum atomic E-state index is -0.320. The Hall–Kier alpha value is -4.86. The molecule has 1 N–H and O–H groups in total. The molecule has 0 unspecified atom stereocenters. The summed E-state index contributed by atoms with van der Waals surface area (Å²) in [4.78, 5) is 29.1. The molecule has 0 spiro atoms. The lowest BCUT2D eigenvalue weighted by molar-refractivity contribution is -0.121. The molecule has 36 heavy (non-hydrogen) atoms. The lowest BCUT2D eigenvalue weighted by Crippen LogP contribution is -2.34. The zero-order valence-corrected chi connectivity index (χ0v) is 19.5. The molecular formula is C26H23N7O3. The van der Waals surface area contributed by atoms with Crippen LogP contribution in [0.4, 0.5) is 0 Å². The monoisotopic (exact) mass is 481 g/mol. The molecule has 2 aromatic carbocycles. The Morgan fingerprint density at radius 2 is 1.78 bits per heavy atom. The SMILES string of the molecule is Cc1ccc(-c2cc(=O)n(CC(=O)NCCOc3ccc4nnc(-c5ccccc5)n4n3)cn2)cc1.